The van der Waals surface area contributed by atoms with Crippen molar-refractivity contribution in [1.82, 2.24) is 9.88 Å². The molecule has 1 aliphatic rings. The highest BCUT2D eigenvalue weighted by molar-refractivity contribution is 5.84. The van der Waals surface area contributed by atoms with Crippen molar-refractivity contribution in [2.75, 3.05) is 20.2 Å². The van der Waals surface area contributed by atoms with Gasteiger partial charge in [-0.3, -0.25) is 4.79 Å². The average Bonchev–Trinajstić information content (AvgIpc) is 3.29. The summed E-state index contributed by atoms with van der Waals surface area (Å²) >= 11 is 0. The molecule has 25 heavy (non-hydrogen) atoms. The summed E-state index contributed by atoms with van der Waals surface area (Å²) in [5, 5.41) is 1.27. The third-order valence-corrected chi connectivity index (χ3v) is 5.12. The Hall–Kier alpha value is -2.75. The van der Waals surface area contributed by atoms with E-state index in [1.807, 2.05) is 35.2 Å². The lowest BCUT2D eigenvalue weighted by Gasteiger charge is -2.16. The maximum atomic E-state index is 12.6. The van der Waals surface area contributed by atoms with Gasteiger partial charge in [0, 0.05) is 36.1 Å². The van der Waals surface area contributed by atoms with Gasteiger partial charge in [0.2, 0.25) is 5.91 Å². The highest BCUT2D eigenvalue weighted by atomic mass is 16.5. The second-order valence-electron chi connectivity index (χ2n) is 6.64. The number of amides is 1. The number of ether oxygens (including phenoxy) is 1. The van der Waals surface area contributed by atoms with Crippen molar-refractivity contribution < 1.29 is 9.53 Å². The van der Waals surface area contributed by atoms with Crippen molar-refractivity contribution in [3.05, 3.63) is 65.9 Å². The first-order valence-electron chi connectivity index (χ1n) is 8.71. The molecule has 1 N–H and O–H groups in total. The highest BCUT2D eigenvalue weighted by Gasteiger charge is 2.28. The second-order valence-corrected chi connectivity index (χ2v) is 6.64. The van der Waals surface area contributed by atoms with Crippen LogP contribution in [0.15, 0.2) is 54.7 Å². The predicted octanol–water partition coefficient (Wildman–Crippen LogP) is 3.74. The molecule has 0 saturated carbocycles. The Labute approximate surface area is 147 Å². The van der Waals surface area contributed by atoms with Crippen molar-refractivity contribution in [2.24, 2.45) is 0 Å². The lowest BCUT2D eigenvalue weighted by atomic mass is 9.98. The molecule has 2 aromatic carbocycles. The van der Waals surface area contributed by atoms with Crippen LogP contribution in [-0.2, 0) is 11.2 Å². The SMILES string of the molecule is COc1ccc(CC(=O)N2CCC(c3c[nH]c4ccccc34)C2)cc1. The summed E-state index contributed by atoms with van der Waals surface area (Å²) in [5.41, 5.74) is 3.53. The van der Waals surface area contributed by atoms with Crippen molar-refractivity contribution in [1.29, 1.82) is 0 Å². The van der Waals surface area contributed by atoms with E-state index in [0.29, 0.717) is 12.3 Å². The Morgan fingerprint density at radius 2 is 2.00 bits per heavy atom. The van der Waals surface area contributed by atoms with Gasteiger partial charge in [0.1, 0.15) is 5.75 Å². The van der Waals surface area contributed by atoms with Gasteiger partial charge in [0.05, 0.1) is 13.5 Å². The number of aromatic amines is 1. The minimum Gasteiger partial charge on any atom is -0.497 e. The zero-order valence-corrected chi connectivity index (χ0v) is 14.4. The summed E-state index contributed by atoms with van der Waals surface area (Å²) in [6.07, 6.45) is 3.58. The van der Waals surface area contributed by atoms with Crippen LogP contribution in [0.4, 0.5) is 0 Å². The highest BCUT2D eigenvalue weighted by Crippen LogP contribution is 2.32. The number of fused-ring (bicyclic) bond motifs is 1. The Morgan fingerprint density at radius 3 is 2.80 bits per heavy atom. The van der Waals surface area contributed by atoms with E-state index in [1.165, 1.54) is 16.5 Å². The number of hydrogen-bond donors (Lipinski definition) is 1. The molecule has 0 spiro atoms. The van der Waals surface area contributed by atoms with Crippen LogP contribution in [0, 0.1) is 0 Å². The molecule has 128 valence electrons. The predicted molar refractivity (Wildman–Crippen MR) is 98.9 cm³/mol. The third kappa shape index (κ3) is 3.12. The first-order valence-corrected chi connectivity index (χ1v) is 8.71. The maximum absolute atomic E-state index is 12.6. The molecule has 0 bridgehead atoms. The van der Waals surface area contributed by atoms with Gasteiger partial charge in [-0.15, -0.1) is 0 Å². The summed E-state index contributed by atoms with van der Waals surface area (Å²) in [6, 6.07) is 16.1. The first kappa shape index (κ1) is 15.8. The van der Waals surface area contributed by atoms with E-state index in [1.54, 1.807) is 7.11 Å². The Morgan fingerprint density at radius 1 is 1.20 bits per heavy atom. The van der Waals surface area contributed by atoms with Crippen molar-refractivity contribution in [2.45, 2.75) is 18.8 Å². The number of H-pyrrole nitrogens is 1. The van der Waals surface area contributed by atoms with Gasteiger partial charge in [-0.25, -0.2) is 0 Å². The first-order chi connectivity index (χ1) is 12.2. The molecule has 1 aliphatic heterocycles. The average molecular weight is 334 g/mol. The smallest absolute Gasteiger partial charge is 0.227 e. The maximum Gasteiger partial charge on any atom is 0.227 e. The molecule has 3 aromatic rings. The van der Waals surface area contributed by atoms with Crippen molar-refractivity contribution in [3.8, 4) is 5.75 Å². The molecule has 1 amide bonds. The largest absolute Gasteiger partial charge is 0.497 e. The Kier molecular flexibility index (Phi) is 4.18. The van der Waals surface area contributed by atoms with E-state index in [9.17, 15) is 4.79 Å². The van der Waals surface area contributed by atoms with Crippen LogP contribution in [0.5, 0.6) is 5.75 Å². The number of rotatable bonds is 4. The van der Waals surface area contributed by atoms with E-state index in [4.69, 9.17) is 4.74 Å². The van der Waals surface area contributed by atoms with Crippen LogP contribution in [0.25, 0.3) is 10.9 Å². The molecule has 1 saturated heterocycles. The third-order valence-electron chi connectivity index (χ3n) is 5.12. The minimum absolute atomic E-state index is 0.201. The molecule has 1 fully saturated rings. The molecule has 4 heteroatoms. The fraction of sp³-hybridized carbons (Fsp3) is 0.286. The number of carbonyl (C=O) groups is 1. The number of carbonyl (C=O) groups excluding carboxylic acids is 1. The van der Waals surface area contributed by atoms with Gasteiger partial charge in [-0.05, 0) is 35.7 Å². The number of para-hydroxylation sites is 1. The molecule has 4 rings (SSSR count). The fourth-order valence-electron chi connectivity index (χ4n) is 3.70. The molecule has 0 aliphatic carbocycles. The molecule has 1 unspecified atom stereocenters. The molecular weight excluding hydrogens is 312 g/mol. The molecule has 1 atom stereocenters. The van der Waals surface area contributed by atoms with E-state index < -0.39 is 0 Å². The van der Waals surface area contributed by atoms with Crippen LogP contribution in [0.2, 0.25) is 0 Å². The van der Waals surface area contributed by atoms with E-state index in [0.717, 1.165) is 30.8 Å². The standard InChI is InChI=1S/C21H22N2O2/c1-25-17-8-6-15(7-9-17)12-21(24)23-11-10-16(14-23)19-13-22-20-5-3-2-4-18(19)20/h2-9,13,16,22H,10-12,14H2,1H3. The van der Waals surface area contributed by atoms with E-state index in [-0.39, 0.29) is 5.91 Å². The van der Waals surface area contributed by atoms with E-state index >= 15 is 0 Å². The monoisotopic (exact) mass is 334 g/mol. The number of likely N-dealkylation sites (tertiary alicyclic amines) is 1. The van der Waals surface area contributed by atoms with Crippen LogP contribution >= 0.6 is 0 Å². The quantitative estimate of drug-likeness (QED) is 0.790. The number of hydrogen-bond acceptors (Lipinski definition) is 2. The molecule has 0 radical (unpaired) electrons. The van der Waals surface area contributed by atoms with Crippen LogP contribution in [0.1, 0.15) is 23.5 Å². The van der Waals surface area contributed by atoms with Gasteiger partial charge in [0.25, 0.3) is 0 Å². The molecule has 4 nitrogen and oxygen atoms in total. The topological polar surface area (TPSA) is 45.3 Å². The summed E-state index contributed by atoms with van der Waals surface area (Å²) in [7, 11) is 1.65. The molecule has 2 heterocycles. The number of methoxy groups -OCH3 is 1. The second kappa shape index (κ2) is 6.63. The van der Waals surface area contributed by atoms with Gasteiger partial charge in [-0.1, -0.05) is 30.3 Å². The number of aromatic nitrogens is 1. The molecular formula is C21H22N2O2. The zero-order valence-electron chi connectivity index (χ0n) is 14.4. The van der Waals surface area contributed by atoms with E-state index in [2.05, 4.69) is 29.4 Å². The number of benzene rings is 2. The lowest BCUT2D eigenvalue weighted by molar-refractivity contribution is -0.129. The van der Waals surface area contributed by atoms with Crippen LogP contribution in [0.3, 0.4) is 0 Å². The minimum atomic E-state index is 0.201. The Balaban J connectivity index is 1.43. The normalized spacial score (nSPS) is 17.2. The lowest BCUT2D eigenvalue weighted by Crippen LogP contribution is -2.29. The van der Waals surface area contributed by atoms with Crippen LogP contribution < -0.4 is 4.74 Å². The van der Waals surface area contributed by atoms with Gasteiger partial charge in [0.15, 0.2) is 0 Å². The van der Waals surface area contributed by atoms with Gasteiger partial charge >= 0.3 is 0 Å². The Bertz CT molecular complexity index is 882. The van der Waals surface area contributed by atoms with Gasteiger partial charge < -0.3 is 14.6 Å². The summed E-state index contributed by atoms with van der Waals surface area (Å²) < 4.78 is 5.17. The van der Waals surface area contributed by atoms with Gasteiger partial charge in [-0.2, -0.15) is 0 Å². The molecule has 1 aromatic heterocycles. The number of nitrogens with zero attached hydrogens (tertiary/aromatic N) is 1. The van der Waals surface area contributed by atoms with Crippen molar-refractivity contribution in [3.63, 3.8) is 0 Å². The summed E-state index contributed by atoms with van der Waals surface area (Å²) in [4.78, 5) is 18.0. The summed E-state index contributed by atoms with van der Waals surface area (Å²) in [6.45, 7) is 1.63. The van der Waals surface area contributed by atoms with Crippen LogP contribution in [-0.4, -0.2) is 36.0 Å². The zero-order chi connectivity index (χ0) is 17.2. The summed E-state index contributed by atoms with van der Waals surface area (Å²) in [5.74, 6) is 1.43. The fourth-order valence-corrected chi connectivity index (χ4v) is 3.70. The van der Waals surface area contributed by atoms with Crippen molar-refractivity contribution >= 4 is 16.8 Å². The number of nitrogens with one attached hydrogen (secondary N) is 1.